The highest BCUT2D eigenvalue weighted by atomic mass is 31.2. The molecule has 3 unspecified atom stereocenters. The predicted octanol–water partition coefficient (Wildman–Crippen LogP) is 0.936. The zero-order valence-electron chi connectivity index (χ0n) is 20.0. The lowest BCUT2D eigenvalue weighted by molar-refractivity contribution is -0.162. The van der Waals surface area contributed by atoms with E-state index in [0.717, 1.165) is 6.34 Å². The summed E-state index contributed by atoms with van der Waals surface area (Å²) in [4.78, 5) is 42.2. The maximum absolute atomic E-state index is 11.9. The molecule has 1 saturated heterocycles. The Bertz CT molecular complexity index is 973. The van der Waals surface area contributed by atoms with E-state index in [9.17, 15) is 14.5 Å². The van der Waals surface area contributed by atoms with Crippen LogP contribution in [0.4, 0.5) is 5.82 Å². The largest absolute Gasteiger partial charge is 0.578 e. The van der Waals surface area contributed by atoms with Gasteiger partial charge in [0.05, 0.1) is 17.9 Å². The van der Waals surface area contributed by atoms with Crippen molar-refractivity contribution in [3.05, 3.63) is 12.0 Å². The number of methoxy groups -OCH3 is 1. The number of aromatic nitrogens is 2. The Morgan fingerprint density at radius 2 is 2.11 bits per heavy atom. The first-order valence-corrected chi connectivity index (χ1v) is 11.9. The lowest BCUT2D eigenvalue weighted by atomic mass is 9.98. The summed E-state index contributed by atoms with van der Waals surface area (Å²) < 4.78 is 33.1. The summed E-state index contributed by atoms with van der Waals surface area (Å²) in [7, 11) is -2.61. The Kier molecular flexibility index (Phi) is 9.70. The van der Waals surface area contributed by atoms with Crippen LogP contribution in [0.2, 0.25) is 0 Å². The summed E-state index contributed by atoms with van der Waals surface area (Å²) in [5, 5.41) is 0. The molecule has 1 aliphatic rings. The average molecular weight is 516 g/mol. The minimum atomic E-state index is -3.95. The SMILES string of the molecule is C#CC1(n2cnc(C(N)=O)c2/N=C\N)CCC(CO[P+](O)(OCOC)OCOC(=O)C(C)(C)C)O1. The minimum Gasteiger partial charge on any atom is -0.433 e. The smallest absolute Gasteiger partial charge is 0.433 e. The number of terminal acetylenes is 1. The topological polar surface area (TPSA) is 192 Å². The Morgan fingerprint density at radius 1 is 1.43 bits per heavy atom. The van der Waals surface area contributed by atoms with E-state index in [0.29, 0.717) is 12.8 Å². The Morgan fingerprint density at radius 3 is 2.69 bits per heavy atom. The number of aliphatic imine (C=N–C) groups is 1. The zero-order valence-corrected chi connectivity index (χ0v) is 20.9. The zero-order chi connectivity index (χ0) is 26.3. The number of nitrogens with zero attached hydrogens (tertiary/aromatic N) is 3. The van der Waals surface area contributed by atoms with Gasteiger partial charge < -0.3 is 25.7 Å². The highest BCUT2D eigenvalue weighted by molar-refractivity contribution is 7.55. The number of primary amides is 1. The van der Waals surface area contributed by atoms with Crippen molar-refractivity contribution in [2.24, 2.45) is 21.9 Å². The second-order valence-corrected chi connectivity index (χ2v) is 10.1. The average Bonchev–Trinajstić information content (AvgIpc) is 3.41. The fourth-order valence-corrected chi connectivity index (χ4v) is 3.97. The molecule has 0 radical (unpaired) electrons. The molecule has 0 bridgehead atoms. The fraction of sp³-hybridized carbons (Fsp3) is 0.600. The first-order valence-electron chi connectivity index (χ1n) is 10.4. The number of rotatable bonds is 12. The van der Waals surface area contributed by atoms with Crippen molar-refractivity contribution in [3.8, 4) is 12.3 Å². The van der Waals surface area contributed by atoms with E-state index in [-0.39, 0.29) is 24.9 Å². The molecule has 14 nitrogen and oxygen atoms in total. The van der Waals surface area contributed by atoms with Crippen LogP contribution < -0.4 is 11.5 Å². The molecule has 1 amide bonds. The lowest BCUT2D eigenvalue weighted by Gasteiger charge is -2.26. The Balaban J connectivity index is 2.10. The Labute approximate surface area is 203 Å². The first kappa shape index (κ1) is 28.6. The van der Waals surface area contributed by atoms with Crippen molar-refractivity contribution in [1.82, 2.24) is 9.55 Å². The molecule has 1 fully saturated rings. The van der Waals surface area contributed by atoms with Crippen LogP contribution in [0.15, 0.2) is 11.3 Å². The summed E-state index contributed by atoms with van der Waals surface area (Å²) in [5.74, 6) is 1.23. The van der Waals surface area contributed by atoms with Crippen molar-refractivity contribution in [2.45, 2.75) is 45.4 Å². The summed E-state index contributed by atoms with van der Waals surface area (Å²) >= 11 is 0. The number of nitrogens with two attached hydrogens (primary N) is 2. The van der Waals surface area contributed by atoms with E-state index in [1.165, 1.54) is 18.0 Å². The van der Waals surface area contributed by atoms with Gasteiger partial charge in [-0.2, -0.15) is 9.42 Å². The third-order valence-corrected chi connectivity index (χ3v) is 6.07. The van der Waals surface area contributed by atoms with Gasteiger partial charge in [-0.25, -0.2) is 9.98 Å². The molecular formula is C20H31N5O9P+. The van der Waals surface area contributed by atoms with Gasteiger partial charge in [-0.15, -0.1) is 15.5 Å². The number of ether oxygens (including phenoxy) is 3. The van der Waals surface area contributed by atoms with E-state index in [1.54, 1.807) is 20.8 Å². The van der Waals surface area contributed by atoms with Crippen molar-refractivity contribution < 1.29 is 42.3 Å². The molecule has 1 aliphatic heterocycles. The first-order chi connectivity index (χ1) is 16.4. The van der Waals surface area contributed by atoms with Gasteiger partial charge in [-0.1, -0.05) is 0 Å². The van der Waals surface area contributed by atoms with E-state index < -0.39 is 44.1 Å². The molecule has 3 atom stereocenters. The highest BCUT2D eigenvalue weighted by Gasteiger charge is 2.49. The van der Waals surface area contributed by atoms with Crippen LogP contribution in [0.3, 0.4) is 0 Å². The third-order valence-electron chi connectivity index (χ3n) is 4.73. The third kappa shape index (κ3) is 7.18. The summed E-state index contributed by atoms with van der Waals surface area (Å²) in [6.45, 7) is 3.86. The van der Waals surface area contributed by atoms with Gasteiger partial charge in [0.1, 0.15) is 12.9 Å². The van der Waals surface area contributed by atoms with E-state index in [4.69, 9.17) is 45.7 Å². The summed E-state index contributed by atoms with van der Waals surface area (Å²) in [5.41, 5.74) is 8.48. The van der Waals surface area contributed by atoms with Gasteiger partial charge in [0.2, 0.25) is 12.5 Å². The second-order valence-electron chi connectivity index (χ2n) is 8.37. The molecule has 1 aromatic rings. The van der Waals surface area contributed by atoms with Gasteiger partial charge in [0.15, 0.2) is 18.3 Å². The molecule has 194 valence electrons. The van der Waals surface area contributed by atoms with Gasteiger partial charge in [-0.05, 0) is 33.1 Å². The molecule has 35 heavy (non-hydrogen) atoms. The minimum absolute atomic E-state index is 0.0379. The van der Waals surface area contributed by atoms with Gasteiger partial charge >= 0.3 is 14.1 Å². The molecule has 2 heterocycles. The van der Waals surface area contributed by atoms with E-state index >= 15 is 0 Å². The van der Waals surface area contributed by atoms with Crippen LogP contribution in [0, 0.1) is 17.8 Å². The number of hydrogen-bond donors (Lipinski definition) is 3. The summed E-state index contributed by atoms with van der Waals surface area (Å²) in [6.07, 6.45) is 8.08. The molecule has 15 heteroatoms. The van der Waals surface area contributed by atoms with Crippen LogP contribution in [0.25, 0.3) is 0 Å². The fourth-order valence-electron chi connectivity index (χ4n) is 2.97. The number of imidazole rings is 1. The molecule has 0 saturated carbocycles. The van der Waals surface area contributed by atoms with Crippen molar-refractivity contribution in [2.75, 3.05) is 27.3 Å². The van der Waals surface area contributed by atoms with Crippen LogP contribution in [-0.2, 0) is 38.3 Å². The van der Waals surface area contributed by atoms with Gasteiger partial charge in [0.25, 0.3) is 5.91 Å². The van der Waals surface area contributed by atoms with Crippen molar-refractivity contribution >= 4 is 32.2 Å². The van der Waals surface area contributed by atoms with Crippen molar-refractivity contribution in [3.63, 3.8) is 0 Å². The van der Waals surface area contributed by atoms with Gasteiger partial charge in [0, 0.05) is 13.5 Å². The Hall–Kier alpha value is -2.63. The normalized spacial score (nSPS) is 22.1. The quantitative estimate of drug-likeness (QED) is 0.0894. The molecule has 0 aromatic carbocycles. The number of carbonyl (C=O) groups excluding carboxylic acids is 2. The summed E-state index contributed by atoms with van der Waals surface area (Å²) in [6, 6.07) is 0. The molecule has 5 N–H and O–H groups in total. The van der Waals surface area contributed by atoms with E-state index in [2.05, 4.69) is 15.9 Å². The number of carbonyl (C=O) groups is 2. The predicted molar refractivity (Wildman–Crippen MR) is 124 cm³/mol. The molecular weight excluding hydrogens is 485 g/mol. The van der Waals surface area contributed by atoms with Gasteiger partial charge in [-0.3, -0.25) is 14.2 Å². The van der Waals surface area contributed by atoms with Crippen LogP contribution in [-0.4, -0.2) is 66.1 Å². The van der Waals surface area contributed by atoms with Crippen LogP contribution in [0.5, 0.6) is 0 Å². The van der Waals surface area contributed by atoms with Crippen molar-refractivity contribution in [1.29, 1.82) is 0 Å². The lowest BCUT2D eigenvalue weighted by Crippen LogP contribution is -2.33. The molecule has 0 spiro atoms. The number of amides is 1. The maximum atomic E-state index is 11.9. The standard InChI is InChI=1S/C20H30N5O9P/c1-6-20(25-11-24-15(16(22)26)17(25)23-10-21)8-7-14(34-20)9-31-35(28,32-12-29-5)33-13-30-18(27)19(2,3)4/h1,10-11,14,28H,7-9,12-13H2,2-5H3,(H3-,21,22,23,26)/p+1. The van der Waals surface area contributed by atoms with Crippen LogP contribution in [0.1, 0.15) is 44.1 Å². The monoisotopic (exact) mass is 516 g/mol. The van der Waals surface area contributed by atoms with Crippen LogP contribution >= 0.6 is 8.17 Å². The van der Waals surface area contributed by atoms with E-state index in [1.807, 2.05) is 0 Å². The molecule has 0 aliphatic carbocycles. The second kappa shape index (κ2) is 11.9. The number of hydrogen-bond acceptors (Lipinski definition) is 11. The molecule has 1 aromatic heterocycles. The maximum Gasteiger partial charge on any atom is 0.578 e. The highest BCUT2D eigenvalue weighted by Crippen LogP contribution is 2.58. The molecule has 2 rings (SSSR count). The number of esters is 1.